The first-order valence-electron chi connectivity index (χ1n) is 7.64. The van der Waals surface area contributed by atoms with E-state index >= 15 is 0 Å². The topological polar surface area (TPSA) is 29.5 Å². The van der Waals surface area contributed by atoms with E-state index < -0.39 is 0 Å². The van der Waals surface area contributed by atoms with E-state index in [0.717, 1.165) is 38.5 Å². The Labute approximate surface area is 124 Å². The van der Waals surface area contributed by atoms with Crippen molar-refractivity contribution in [3.05, 3.63) is 21.9 Å². The number of nitrogens with zero attached hydrogens (tertiary/aromatic N) is 1. The first-order valence-corrected chi connectivity index (χ1v) is 8.52. The van der Waals surface area contributed by atoms with Crippen molar-refractivity contribution in [1.82, 2.24) is 4.90 Å². The Morgan fingerprint density at radius 1 is 1.45 bits per heavy atom. The first-order chi connectivity index (χ1) is 9.72. The van der Waals surface area contributed by atoms with Crippen LogP contribution in [0, 0.1) is 12.8 Å². The Bertz CT molecular complexity index is 467. The number of rotatable bonds is 6. The number of hydrogen-bond acceptors (Lipinski definition) is 3. The zero-order chi connectivity index (χ0) is 13.9. The first kappa shape index (κ1) is 14.1. The van der Waals surface area contributed by atoms with Crippen LogP contribution in [-0.4, -0.2) is 36.6 Å². The Balaban J connectivity index is 1.40. The maximum Gasteiger partial charge on any atom is 0.223 e. The van der Waals surface area contributed by atoms with E-state index in [9.17, 15) is 4.79 Å². The normalized spacial score (nSPS) is 22.4. The van der Waals surface area contributed by atoms with Crippen LogP contribution >= 0.6 is 11.3 Å². The predicted molar refractivity (Wildman–Crippen MR) is 81.0 cm³/mol. The van der Waals surface area contributed by atoms with Gasteiger partial charge in [-0.05, 0) is 55.5 Å². The molecule has 1 aromatic heterocycles. The zero-order valence-electron chi connectivity index (χ0n) is 12.1. The zero-order valence-corrected chi connectivity index (χ0v) is 13.0. The highest BCUT2D eigenvalue weighted by molar-refractivity contribution is 7.10. The summed E-state index contributed by atoms with van der Waals surface area (Å²) in [4.78, 5) is 15.6. The van der Waals surface area contributed by atoms with E-state index in [1.807, 2.05) is 4.90 Å². The minimum Gasteiger partial charge on any atom is -0.376 e. The van der Waals surface area contributed by atoms with Gasteiger partial charge in [0.15, 0.2) is 0 Å². The number of ether oxygens (including phenoxy) is 1. The minimum absolute atomic E-state index is 0.281. The summed E-state index contributed by atoms with van der Waals surface area (Å²) in [5.74, 6) is 1.09. The molecule has 1 aromatic rings. The van der Waals surface area contributed by atoms with Crippen molar-refractivity contribution in [2.24, 2.45) is 5.92 Å². The van der Waals surface area contributed by atoms with Crippen LogP contribution in [0.15, 0.2) is 11.4 Å². The van der Waals surface area contributed by atoms with Crippen LogP contribution in [0.3, 0.4) is 0 Å². The molecule has 1 atom stereocenters. The quantitative estimate of drug-likeness (QED) is 0.807. The molecular formula is C16H23NO2S. The molecule has 1 aliphatic heterocycles. The van der Waals surface area contributed by atoms with Gasteiger partial charge >= 0.3 is 0 Å². The lowest BCUT2D eigenvalue weighted by Gasteiger charge is -2.16. The molecule has 1 saturated carbocycles. The highest BCUT2D eigenvalue weighted by Gasteiger charge is 2.29. The fourth-order valence-corrected chi connectivity index (χ4v) is 3.60. The van der Waals surface area contributed by atoms with Crippen molar-refractivity contribution in [3.8, 4) is 0 Å². The van der Waals surface area contributed by atoms with Gasteiger partial charge in [-0.1, -0.05) is 0 Å². The number of hydrogen-bond donors (Lipinski definition) is 0. The molecule has 1 saturated heterocycles. The Morgan fingerprint density at radius 2 is 2.30 bits per heavy atom. The molecule has 110 valence electrons. The standard InChI is InChI=1S/C16H23NO2S/c1-12-7-9-20-15(12)4-5-16(18)17-8-6-14(10-17)19-11-13-2-3-13/h7,9,13-14H,2-6,8,10-11H2,1H3. The number of carbonyl (C=O) groups excluding carboxylic acids is 1. The van der Waals surface area contributed by atoms with Gasteiger partial charge in [-0.25, -0.2) is 0 Å². The Hall–Kier alpha value is -0.870. The van der Waals surface area contributed by atoms with Crippen molar-refractivity contribution in [2.75, 3.05) is 19.7 Å². The predicted octanol–water partition coefficient (Wildman–Crippen LogP) is 3.02. The molecule has 1 unspecified atom stereocenters. The lowest BCUT2D eigenvalue weighted by Crippen LogP contribution is -2.30. The van der Waals surface area contributed by atoms with Crippen LogP contribution in [0.2, 0.25) is 0 Å². The van der Waals surface area contributed by atoms with Gasteiger partial charge in [-0.2, -0.15) is 0 Å². The largest absolute Gasteiger partial charge is 0.376 e. The summed E-state index contributed by atoms with van der Waals surface area (Å²) >= 11 is 1.76. The molecule has 1 aliphatic carbocycles. The second kappa shape index (κ2) is 6.27. The molecule has 2 aliphatic rings. The third-order valence-corrected chi connectivity index (χ3v) is 5.38. The van der Waals surface area contributed by atoms with Crippen molar-refractivity contribution >= 4 is 17.2 Å². The van der Waals surface area contributed by atoms with Gasteiger partial charge in [0.25, 0.3) is 0 Å². The Morgan fingerprint density at radius 3 is 3.00 bits per heavy atom. The summed E-state index contributed by atoms with van der Waals surface area (Å²) in [5.41, 5.74) is 1.31. The number of carbonyl (C=O) groups is 1. The minimum atomic E-state index is 0.281. The van der Waals surface area contributed by atoms with Gasteiger partial charge in [0, 0.05) is 31.0 Å². The number of thiophene rings is 1. The van der Waals surface area contributed by atoms with E-state index in [0.29, 0.717) is 6.42 Å². The molecule has 20 heavy (non-hydrogen) atoms. The summed E-state index contributed by atoms with van der Waals surface area (Å²) in [6.07, 6.45) is 5.47. The third-order valence-electron chi connectivity index (χ3n) is 4.30. The van der Waals surface area contributed by atoms with Crippen LogP contribution in [0.4, 0.5) is 0 Å². The van der Waals surface area contributed by atoms with Gasteiger partial charge < -0.3 is 9.64 Å². The van der Waals surface area contributed by atoms with Crippen molar-refractivity contribution in [1.29, 1.82) is 0 Å². The van der Waals surface area contributed by atoms with E-state index in [1.165, 1.54) is 23.3 Å². The van der Waals surface area contributed by atoms with Gasteiger partial charge in [-0.15, -0.1) is 11.3 Å². The molecular weight excluding hydrogens is 270 g/mol. The third kappa shape index (κ3) is 3.61. The van der Waals surface area contributed by atoms with Crippen LogP contribution in [0.5, 0.6) is 0 Å². The maximum atomic E-state index is 12.2. The summed E-state index contributed by atoms with van der Waals surface area (Å²) in [6, 6.07) is 2.13. The van der Waals surface area contributed by atoms with Crippen molar-refractivity contribution < 1.29 is 9.53 Å². The molecule has 0 aromatic carbocycles. The number of likely N-dealkylation sites (tertiary alicyclic amines) is 1. The van der Waals surface area contributed by atoms with Crippen LogP contribution in [-0.2, 0) is 16.0 Å². The molecule has 1 amide bonds. The highest BCUT2D eigenvalue weighted by atomic mass is 32.1. The molecule has 3 rings (SSSR count). The summed E-state index contributed by atoms with van der Waals surface area (Å²) in [5, 5.41) is 2.10. The van der Waals surface area contributed by atoms with E-state index in [4.69, 9.17) is 4.74 Å². The summed E-state index contributed by atoms with van der Waals surface area (Å²) < 4.78 is 5.88. The molecule has 4 heteroatoms. The molecule has 3 nitrogen and oxygen atoms in total. The second-order valence-corrected chi connectivity index (χ2v) is 7.05. The van der Waals surface area contributed by atoms with E-state index in [1.54, 1.807) is 11.3 Å². The average Bonchev–Trinajstić information content (AvgIpc) is 3.00. The van der Waals surface area contributed by atoms with Gasteiger partial charge in [0.05, 0.1) is 6.10 Å². The van der Waals surface area contributed by atoms with E-state index in [2.05, 4.69) is 18.4 Å². The molecule has 2 heterocycles. The van der Waals surface area contributed by atoms with Gasteiger partial charge in [-0.3, -0.25) is 4.79 Å². The van der Waals surface area contributed by atoms with Crippen LogP contribution in [0.1, 0.15) is 36.1 Å². The number of amides is 1. The summed E-state index contributed by atoms with van der Waals surface area (Å²) in [7, 11) is 0. The van der Waals surface area contributed by atoms with Gasteiger partial charge in [0.1, 0.15) is 0 Å². The molecule has 0 radical (unpaired) electrons. The maximum absolute atomic E-state index is 12.2. The monoisotopic (exact) mass is 293 g/mol. The highest BCUT2D eigenvalue weighted by Crippen LogP contribution is 2.30. The fraction of sp³-hybridized carbons (Fsp3) is 0.688. The van der Waals surface area contributed by atoms with E-state index in [-0.39, 0.29) is 12.0 Å². The van der Waals surface area contributed by atoms with Crippen LogP contribution in [0.25, 0.3) is 0 Å². The Kier molecular flexibility index (Phi) is 4.41. The van der Waals surface area contributed by atoms with Crippen molar-refractivity contribution in [2.45, 2.75) is 45.1 Å². The smallest absolute Gasteiger partial charge is 0.223 e. The second-order valence-electron chi connectivity index (χ2n) is 6.05. The molecule has 0 bridgehead atoms. The summed E-state index contributed by atoms with van der Waals surface area (Å²) in [6.45, 7) is 4.70. The molecule has 0 N–H and O–H groups in total. The van der Waals surface area contributed by atoms with Crippen molar-refractivity contribution in [3.63, 3.8) is 0 Å². The SMILES string of the molecule is Cc1ccsc1CCC(=O)N1CCC(OCC2CC2)C1. The lowest BCUT2D eigenvalue weighted by molar-refractivity contribution is -0.130. The molecule has 0 spiro atoms. The van der Waals surface area contributed by atoms with Crippen LogP contribution < -0.4 is 0 Å². The average molecular weight is 293 g/mol. The number of aryl methyl sites for hydroxylation is 2. The molecule has 2 fully saturated rings. The van der Waals surface area contributed by atoms with Gasteiger partial charge in [0.2, 0.25) is 5.91 Å². The fourth-order valence-electron chi connectivity index (χ4n) is 2.69. The lowest BCUT2D eigenvalue weighted by atomic mass is 10.2.